The Kier molecular flexibility index (Phi) is 2.98. The van der Waals surface area contributed by atoms with E-state index in [1.54, 1.807) is 12.4 Å². The molecule has 2 aromatic rings. The molecule has 0 N–H and O–H groups in total. The largest absolute Gasteiger partial charge is 0.489 e. The summed E-state index contributed by atoms with van der Waals surface area (Å²) in [5.74, 6) is 0.878. The Morgan fingerprint density at radius 3 is 2.80 bits per heavy atom. The first-order chi connectivity index (χ1) is 7.34. The Balaban J connectivity index is 1.99. The number of nitrogens with zero attached hydrogens (tertiary/aromatic N) is 1. The molecule has 2 rings (SSSR count). The van der Waals surface area contributed by atoms with E-state index in [-0.39, 0.29) is 0 Å². The summed E-state index contributed by atoms with van der Waals surface area (Å²) in [6.45, 7) is 2.57. The maximum Gasteiger partial charge on any atom is 0.120 e. The van der Waals surface area contributed by atoms with Crippen molar-refractivity contribution in [2.75, 3.05) is 0 Å². The van der Waals surface area contributed by atoms with Gasteiger partial charge in [-0.05, 0) is 48.4 Å². The van der Waals surface area contributed by atoms with Gasteiger partial charge in [0.1, 0.15) is 12.4 Å². The number of pyridine rings is 1. The van der Waals surface area contributed by atoms with Crippen LogP contribution in [0.25, 0.3) is 0 Å². The SMILES string of the molecule is Cc1[c]ccc(OCc2ccncc2)c1. The number of aryl methyl sites for hydroxylation is 1. The molecule has 0 fully saturated rings. The van der Waals surface area contributed by atoms with Crippen molar-refractivity contribution in [2.24, 2.45) is 0 Å². The maximum atomic E-state index is 5.63. The molecular weight excluding hydrogens is 186 g/mol. The minimum absolute atomic E-state index is 0.575. The van der Waals surface area contributed by atoms with Gasteiger partial charge >= 0.3 is 0 Å². The molecule has 1 aromatic carbocycles. The second-order valence-corrected chi connectivity index (χ2v) is 3.35. The minimum Gasteiger partial charge on any atom is -0.489 e. The third kappa shape index (κ3) is 2.81. The molecule has 0 saturated heterocycles. The van der Waals surface area contributed by atoms with E-state index in [2.05, 4.69) is 11.1 Å². The molecule has 0 aliphatic rings. The van der Waals surface area contributed by atoms with Crippen molar-refractivity contribution in [1.29, 1.82) is 0 Å². The lowest BCUT2D eigenvalue weighted by molar-refractivity contribution is 0.306. The fraction of sp³-hybridized carbons (Fsp3) is 0.154. The molecule has 1 aromatic heterocycles. The topological polar surface area (TPSA) is 22.1 Å². The predicted octanol–water partition coefficient (Wildman–Crippen LogP) is 2.77. The molecule has 0 aliphatic heterocycles. The van der Waals surface area contributed by atoms with Crippen LogP contribution in [-0.2, 0) is 6.61 Å². The summed E-state index contributed by atoms with van der Waals surface area (Å²) in [5.41, 5.74) is 2.21. The van der Waals surface area contributed by atoms with Crippen LogP contribution in [0.1, 0.15) is 11.1 Å². The molecule has 0 spiro atoms. The van der Waals surface area contributed by atoms with Gasteiger partial charge in [0.05, 0.1) is 0 Å². The molecule has 1 radical (unpaired) electrons. The molecule has 0 saturated carbocycles. The highest BCUT2D eigenvalue weighted by Gasteiger charge is 1.95. The van der Waals surface area contributed by atoms with Crippen molar-refractivity contribution >= 4 is 0 Å². The highest BCUT2D eigenvalue weighted by atomic mass is 16.5. The zero-order valence-corrected chi connectivity index (χ0v) is 8.60. The van der Waals surface area contributed by atoms with Gasteiger partial charge in [0.15, 0.2) is 0 Å². The molecule has 0 bridgehead atoms. The van der Waals surface area contributed by atoms with Crippen LogP contribution >= 0.6 is 0 Å². The average molecular weight is 198 g/mol. The van der Waals surface area contributed by atoms with Gasteiger partial charge < -0.3 is 4.74 Å². The van der Waals surface area contributed by atoms with Crippen LogP contribution < -0.4 is 4.74 Å². The quantitative estimate of drug-likeness (QED) is 0.756. The highest BCUT2D eigenvalue weighted by Crippen LogP contribution is 2.13. The number of hydrogen-bond donors (Lipinski definition) is 0. The first-order valence-electron chi connectivity index (χ1n) is 4.84. The standard InChI is InChI=1S/C13H12NO/c1-11-3-2-4-13(9-11)15-10-12-5-7-14-8-6-12/h2,4-9H,10H2,1H3. The van der Waals surface area contributed by atoms with E-state index in [1.807, 2.05) is 37.3 Å². The summed E-state index contributed by atoms with van der Waals surface area (Å²) in [6.07, 6.45) is 3.53. The Hall–Kier alpha value is -1.83. The summed E-state index contributed by atoms with van der Waals surface area (Å²) >= 11 is 0. The average Bonchev–Trinajstić information content (AvgIpc) is 2.28. The Morgan fingerprint density at radius 2 is 2.07 bits per heavy atom. The minimum atomic E-state index is 0.575. The molecule has 75 valence electrons. The van der Waals surface area contributed by atoms with Crippen molar-refractivity contribution in [3.63, 3.8) is 0 Å². The summed E-state index contributed by atoms with van der Waals surface area (Å²) in [4.78, 5) is 3.95. The molecule has 2 heteroatoms. The summed E-state index contributed by atoms with van der Waals surface area (Å²) in [7, 11) is 0. The fourth-order valence-corrected chi connectivity index (χ4v) is 1.29. The van der Waals surface area contributed by atoms with Gasteiger partial charge in [-0.2, -0.15) is 0 Å². The molecule has 1 heterocycles. The Labute approximate surface area is 89.6 Å². The Morgan fingerprint density at radius 1 is 1.27 bits per heavy atom. The van der Waals surface area contributed by atoms with Gasteiger partial charge in [-0.25, -0.2) is 0 Å². The van der Waals surface area contributed by atoms with Crippen LogP contribution in [-0.4, -0.2) is 4.98 Å². The smallest absolute Gasteiger partial charge is 0.120 e. The van der Waals surface area contributed by atoms with E-state index in [9.17, 15) is 0 Å². The molecule has 15 heavy (non-hydrogen) atoms. The van der Waals surface area contributed by atoms with E-state index in [0.29, 0.717) is 6.61 Å². The normalized spacial score (nSPS) is 9.93. The molecule has 0 atom stereocenters. The summed E-state index contributed by atoms with van der Waals surface area (Å²) in [6, 6.07) is 12.7. The maximum absolute atomic E-state index is 5.63. The third-order valence-electron chi connectivity index (χ3n) is 2.07. The lowest BCUT2D eigenvalue weighted by atomic mass is 10.2. The molecule has 0 aliphatic carbocycles. The summed E-state index contributed by atoms with van der Waals surface area (Å²) < 4.78 is 5.63. The molecular formula is C13H12NO. The van der Waals surface area contributed by atoms with E-state index in [1.165, 1.54) is 0 Å². The van der Waals surface area contributed by atoms with E-state index < -0.39 is 0 Å². The second-order valence-electron chi connectivity index (χ2n) is 3.35. The van der Waals surface area contributed by atoms with Crippen molar-refractivity contribution in [3.8, 4) is 5.75 Å². The van der Waals surface area contributed by atoms with Crippen LogP contribution in [0.3, 0.4) is 0 Å². The monoisotopic (exact) mass is 198 g/mol. The fourth-order valence-electron chi connectivity index (χ4n) is 1.29. The first kappa shape index (κ1) is 9.71. The van der Waals surface area contributed by atoms with Gasteiger partial charge in [0.2, 0.25) is 0 Å². The zero-order valence-electron chi connectivity index (χ0n) is 8.60. The predicted molar refractivity (Wildman–Crippen MR) is 58.6 cm³/mol. The van der Waals surface area contributed by atoms with Gasteiger partial charge in [0.25, 0.3) is 0 Å². The van der Waals surface area contributed by atoms with Crippen molar-refractivity contribution in [3.05, 3.63) is 59.9 Å². The lowest BCUT2D eigenvalue weighted by Crippen LogP contribution is -1.95. The second kappa shape index (κ2) is 4.60. The third-order valence-corrected chi connectivity index (χ3v) is 2.07. The van der Waals surface area contributed by atoms with Gasteiger partial charge in [-0.1, -0.05) is 6.07 Å². The Bertz CT molecular complexity index is 426. The van der Waals surface area contributed by atoms with Gasteiger partial charge in [-0.15, -0.1) is 0 Å². The number of ether oxygens (including phenoxy) is 1. The van der Waals surface area contributed by atoms with Crippen LogP contribution in [0.4, 0.5) is 0 Å². The number of hydrogen-bond acceptors (Lipinski definition) is 2. The molecule has 0 amide bonds. The molecule has 2 nitrogen and oxygen atoms in total. The number of benzene rings is 1. The van der Waals surface area contributed by atoms with Crippen molar-refractivity contribution < 1.29 is 4.74 Å². The van der Waals surface area contributed by atoms with Crippen molar-refractivity contribution in [2.45, 2.75) is 13.5 Å². The first-order valence-corrected chi connectivity index (χ1v) is 4.84. The van der Waals surface area contributed by atoms with Crippen LogP contribution in [0, 0.1) is 13.0 Å². The summed E-state index contributed by atoms with van der Waals surface area (Å²) in [5, 5.41) is 0. The van der Waals surface area contributed by atoms with Crippen LogP contribution in [0.15, 0.2) is 42.7 Å². The van der Waals surface area contributed by atoms with E-state index in [4.69, 9.17) is 4.74 Å². The van der Waals surface area contributed by atoms with E-state index >= 15 is 0 Å². The van der Waals surface area contributed by atoms with Crippen molar-refractivity contribution in [1.82, 2.24) is 4.98 Å². The van der Waals surface area contributed by atoms with Crippen LogP contribution in [0.2, 0.25) is 0 Å². The molecule has 0 unspecified atom stereocenters. The highest BCUT2D eigenvalue weighted by molar-refractivity contribution is 5.26. The van der Waals surface area contributed by atoms with Gasteiger partial charge in [-0.3, -0.25) is 4.98 Å². The number of aromatic nitrogens is 1. The number of rotatable bonds is 3. The lowest BCUT2D eigenvalue weighted by Gasteiger charge is -2.06. The van der Waals surface area contributed by atoms with Gasteiger partial charge in [0, 0.05) is 12.4 Å². The van der Waals surface area contributed by atoms with E-state index in [0.717, 1.165) is 16.9 Å². The van der Waals surface area contributed by atoms with Crippen LogP contribution in [0.5, 0.6) is 5.75 Å². The zero-order chi connectivity index (χ0) is 10.5.